The molecule has 0 unspecified atom stereocenters. The van der Waals surface area contributed by atoms with E-state index in [0.717, 1.165) is 0 Å². The van der Waals surface area contributed by atoms with Crippen LogP contribution in [0.15, 0.2) is 35.1 Å². The first-order valence-corrected chi connectivity index (χ1v) is 5.79. The van der Waals surface area contributed by atoms with Crippen LogP contribution >= 0.6 is 0 Å². The van der Waals surface area contributed by atoms with Crippen molar-refractivity contribution in [1.29, 1.82) is 0 Å². The van der Waals surface area contributed by atoms with E-state index in [-0.39, 0.29) is 11.5 Å². The number of allylic oxidation sites excluding steroid dienone is 2. The molecule has 108 valence electrons. The summed E-state index contributed by atoms with van der Waals surface area (Å²) < 4.78 is 36.3. The number of hydrogen-bond donors (Lipinski definition) is 1. The lowest BCUT2D eigenvalue weighted by Gasteiger charge is -2.09. The van der Waals surface area contributed by atoms with Crippen LogP contribution in [0.3, 0.4) is 0 Å². The molecule has 4 nitrogen and oxygen atoms in total. The Morgan fingerprint density at radius 2 is 2.20 bits per heavy atom. The van der Waals surface area contributed by atoms with Gasteiger partial charge in [-0.25, -0.2) is 4.98 Å². The molecule has 0 aliphatic heterocycles. The minimum absolute atomic E-state index is 0.0995. The monoisotopic (exact) mass is 285 g/mol. The summed E-state index contributed by atoms with van der Waals surface area (Å²) in [7, 11) is 0. The van der Waals surface area contributed by atoms with Crippen molar-refractivity contribution < 1.29 is 18.0 Å². The van der Waals surface area contributed by atoms with Gasteiger partial charge in [-0.15, -0.1) is 0 Å². The maximum absolute atomic E-state index is 12.1. The van der Waals surface area contributed by atoms with Crippen LogP contribution in [-0.2, 0) is 4.79 Å². The molecule has 0 atom stereocenters. The molecule has 0 fully saturated rings. The minimum atomic E-state index is -4.31. The van der Waals surface area contributed by atoms with Gasteiger partial charge in [0.2, 0.25) is 0 Å². The second-order valence-corrected chi connectivity index (χ2v) is 3.93. The highest BCUT2D eigenvalue weighted by molar-refractivity contribution is 6.01. The number of carbonyl (C=O) groups is 1. The molecule has 0 aromatic carbocycles. The summed E-state index contributed by atoms with van der Waals surface area (Å²) in [5, 5.41) is 2.19. The molecule has 0 amide bonds. The smallest absolute Gasteiger partial charge is 0.361 e. The molecule has 1 rings (SSSR count). The summed E-state index contributed by atoms with van der Waals surface area (Å²) in [4.78, 5) is 18.5. The predicted molar refractivity (Wildman–Crippen MR) is 70.8 cm³/mol. The highest BCUT2D eigenvalue weighted by Crippen LogP contribution is 2.16. The number of alkyl halides is 3. The van der Waals surface area contributed by atoms with Gasteiger partial charge in [-0.1, -0.05) is 6.08 Å². The van der Waals surface area contributed by atoms with Crippen LogP contribution in [0.2, 0.25) is 0 Å². The maximum Gasteiger partial charge on any atom is 0.405 e. The number of rotatable bonds is 5. The van der Waals surface area contributed by atoms with Gasteiger partial charge in [-0.3, -0.25) is 9.79 Å². The van der Waals surface area contributed by atoms with Gasteiger partial charge in [0.15, 0.2) is 6.29 Å². The number of nitrogens with one attached hydrogen (secondary N) is 1. The summed E-state index contributed by atoms with van der Waals surface area (Å²) >= 11 is 0. The number of carbonyl (C=O) groups excluding carboxylic acids is 1. The number of aliphatic imine (C=N–C) groups is 1. The predicted octanol–water partition coefficient (Wildman–Crippen LogP) is 2.97. The molecule has 0 saturated heterocycles. The fourth-order valence-electron chi connectivity index (χ4n) is 1.36. The van der Waals surface area contributed by atoms with Gasteiger partial charge >= 0.3 is 6.18 Å². The van der Waals surface area contributed by atoms with Gasteiger partial charge in [0, 0.05) is 17.5 Å². The number of aromatic nitrogens is 1. The van der Waals surface area contributed by atoms with E-state index in [1.807, 2.05) is 0 Å². The van der Waals surface area contributed by atoms with Crippen LogP contribution in [0.4, 0.5) is 19.0 Å². The Hall–Kier alpha value is -2.18. The highest BCUT2D eigenvalue weighted by Gasteiger charge is 2.26. The SMILES string of the molecule is C/C=C(/C=O)N=C(C)c1ccnc(NCC(F)(F)F)c1. The molecule has 0 aliphatic carbocycles. The average molecular weight is 285 g/mol. The lowest BCUT2D eigenvalue weighted by atomic mass is 10.2. The first-order chi connectivity index (χ1) is 9.35. The molecule has 0 radical (unpaired) electrons. The lowest BCUT2D eigenvalue weighted by molar-refractivity contribution is -0.115. The molecule has 7 heteroatoms. The Morgan fingerprint density at radius 1 is 1.50 bits per heavy atom. The van der Waals surface area contributed by atoms with E-state index in [4.69, 9.17) is 0 Å². The van der Waals surface area contributed by atoms with E-state index in [2.05, 4.69) is 15.3 Å². The molecular formula is C13H14F3N3O. The second kappa shape index (κ2) is 6.83. The summed E-state index contributed by atoms with van der Waals surface area (Å²) in [6, 6.07) is 3.05. The third-order valence-corrected chi connectivity index (χ3v) is 2.36. The fraction of sp³-hybridized carbons (Fsp3) is 0.308. The van der Waals surface area contributed by atoms with E-state index in [1.54, 1.807) is 26.0 Å². The molecule has 1 aromatic heterocycles. The van der Waals surface area contributed by atoms with Crippen LogP contribution in [0.25, 0.3) is 0 Å². The van der Waals surface area contributed by atoms with Crippen LogP contribution in [0, 0.1) is 0 Å². The van der Waals surface area contributed by atoms with Crippen molar-refractivity contribution in [1.82, 2.24) is 4.98 Å². The van der Waals surface area contributed by atoms with Crippen molar-refractivity contribution >= 4 is 17.8 Å². The Labute approximate surface area is 114 Å². The van der Waals surface area contributed by atoms with E-state index in [1.165, 1.54) is 12.3 Å². The van der Waals surface area contributed by atoms with Gasteiger partial charge in [-0.05, 0) is 26.0 Å². The average Bonchev–Trinajstić information content (AvgIpc) is 2.42. The zero-order valence-electron chi connectivity index (χ0n) is 11.0. The first kappa shape index (κ1) is 15.9. The minimum Gasteiger partial charge on any atom is -0.361 e. The summed E-state index contributed by atoms with van der Waals surface area (Å²) in [5.74, 6) is 0.0995. The highest BCUT2D eigenvalue weighted by atomic mass is 19.4. The number of nitrogens with zero attached hydrogens (tertiary/aromatic N) is 2. The number of aldehydes is 1. The van der Waals surface area contributed by atoms with Crippen molar-refractivity contribution in [3.63, 3.8) is 0 Å². The first-order valence-electron chi connectivity index (χ1n) is 5.79. The molecule has 0 spiro atoms. The van der Waals surface area contributed by atoms with Gasteiger partial charge in [-0.2, -0.15) is 13.2 Å². The summed E-state index contributed by atoms with van der Waals surface area (Å²) in [6.45, 7) is 2.17. The van der Waals surface area contributed by atoms with E-state index >= 15 is 0 Å². The van der Waals surface area contributed by atoms with Crippen LogP contribution in [0.5, 0.6) is 0 Å². The zero-order valence-corrected chi connectivity index (χ0v) is 11.0. The molecule has 0 aliphatic rings. The van der Waals surface area contributed by atoms with Gasteiger partial charge in [0.25, 0.3) is 0 Å². The number of halogens is 3. The number of anilines is 1. The van der Waals surface area contributed by atoms with Crippen molar-refractivity contribution in [3.05, 3.63) is 35.7 Å². The summed E-state index contributed by atoms with van der Waals surface area (Å²) in [5.41, 5.74) is 1.36. The van der Waals surface area contributed by atoms with E-state index in [9.17, 15) is 18.0 Å². The van der Waals surface area contributed by atoms with Gasteiger partial charge in [0.1, 0.15) is 12.4 Å². The van der Waals surface area contributed by atoms with Crippen molar-refractivity contribution in [2.24, 2.45) is 4.99 Å². The number of hydrogen-bond acceptors (Lipinski definition) is 4. The summed E-state index contributed by atoms with van der Waals surface area (Å²) in [6.07, 6.45) is -0.784. The van der Waals surface area contributed by atoms with Crippen molar-refractivity contribution in [2.75, 3.05) is 11.9 Å². The molecule has 1 N–H and O–H groups in total. The standard InChI is InChI=1S/C13H14F3N3O/c1-3-11(7-20)19-9(2)10-4-5-17-12(6-10)18-8-13(14,15)16/h3-7H,8H2,1-2H3,(H,17,18)/b11-3-,19-9?. The Balaban J connectivity index is 2.90. The van der Waals surface area contributed by atoms with E-state index in [0.29, 0.717) is 17.6 Å². The zero-order chi connectivity index (χ0) is 15.2. The Bertz CT molecular complexity index is 536. The van der Waals surface area contributed by atoms with Gasteiger partial charge in [0.05, 0.1) is 5.70 Å². The number of pyridine rings is 1. The van der Waals surface area contributed by atoms with Crippen molar-refractivity contribution in [2.45, 2.75) is 20.0 Å². The molecule has 20 heavy (non-hydrogen) atoms. The normalized spacial score (nSPS) is 13.2. The molecule has 0 saturated carbocycles. The van der Waals surface area contributed by atoms with Crippen LogP contribution < -0.4 is 5.32 Å². The van der Waals surface area contributed by atoms with Crippen LogP contribution in [-0.4, -0.2) is 29.7 Å². The fourth-order valence-corrected chi connectivity index (χ4v) is 1.36. The van der Waals surface area contributed by atoms with Crippen LogP contribution in [0.1, 0.15) is 19.4 Å². The van der Waals surface area contributed by atoms with E-state index < -0.39 is 12.7 Å². The molecule has 1 heterocycles. The van der Waals surface area contributed by atoms with Gasteiger partial charge < -0.3 is 5.32 Å². The molecule has 0 bridgehead atoms. The Morgan fingerprint density at radius 3 is 2.75 bits per heavy atom. The lowest BCUT2D eigenvalue weighted by Crippen LogP contribution is -2.21. The quantitative estimate of drug-likeness (QED) is 0.514. The third kappa shape index (κ3) is 5.21. The largest absolute Gasteiger partial charge is 0.405 e. The third-order valence-electron chi connectivity index (χ3n) is 2.36. The molecule has 1 aromatic rings. The van der Waals surface area contributed by atoms with Crippen molar-refractivity contribution in [3.8, 4) is 0 Å². The Kier molecular flexibility index (Phi) is 5.42. The second-order valence-electron chi connectivity index (χ2n) is 3.93. The maximum atomic E-state index is 12.1. The molecular weight excluding hydrogens is 271 g/mol. The topological polar surface area (TPSA) is 54.4 Å².